The first-order valence-electron chi connectivity index (χ1n) is 17.2. The zero-order chi connectivity index (χ0) is 38.3. The summed E-state index contributed by atoms with van der Waals surface area (Å²) >= 11 is 0. The molecule has 3 aromatic rings. The van der Waals surface area contributed by atoms with Gasteiger partial charge in [0.25, 0.3) is 5.56 Å². The molecule has 5 rings (SSSR count). The van der Waals surface area contributed by atoms with Crippen molar-refractivity contribution >= 4 is 11.9 Å². The first-order valence-corrected chi connectivity index (χ1v) is 17.2. The molecule has 2 fully saturated rings. The van der Waals surface area contributed by atoms with Crippen LogP contribution in [0.4, 0.5) is 26.3 Å². The summed E-state index contributed by atoms with van der Waals surface area (Å²) in [6, 6.07) is 0.213. The summed E-state index contributed by atoms with van der Waals surface area (Å²) in [6.07, 6.45) is 3.80. The van der Waals surface area contributed by atoms with Gasteiger partial charge in [-0.15, -0.1) is 6.42 Å². The lowest BCUT2D eigenvalue weighted by molar-refractivity contribution is -0.139. The van der Waals surface area contributed by atoms with Crippen LogP contribution in [0.5, 0.6) is 0 Å². The highest BCUT2D eigenvalue weighted by Gasteiger charge is 2.47. The van der Waals surface area contributed by atoms with Crippen molar-refractivity contribution in [1.82, 2.24) is 14.8 Å². The van der Waals surface area contributed by atoms with Crippen LogP contribution in [0, 0.1) is 55.0 Å². The second-order valence-corrected chi connectivity index (χ2v) is 14.6. The predicted molar refractivity (Wildman–Crippen MR) is 183 cm³/mol. The number of nitrogens with one attached hydrogen (secondary N) is 1. The fourth-order valence-corrected chi connectivity index (χ4v) is 7.46. The number of likely N-dealkylation sites (tertiary alicyclic amines) is 1. The van der Waals surface area contributed by atoms with Gasteiger partial charge >= 0.3 is 12.1 Å². The highest BCUT2D eigenvalue weighted by Crippen LogP contribution is 2.52. The van der Waals surface area contributed by atoms with Crippen molar-refractivity contribution in [3.63, 3.8) is 0 Å². The number of hydrogen-bond donors (Lipinski definition) is 2. The maximum Gasteiger partial charge on any atom is 0.416 e. The number of nitrogens with zero attached hydrogens (tertiary/aromatic N) is 2. The fourth-order valence-electron chi connectivity index (χ4n) is 7.46. The molecule has 2 N–H and O–H groups in total. The normalized spacial score (nSPS) is 16.6. The Morgan fingerprint density at radius 3 is 2.23 bits per heavy atom. The first kappa shape index (κ1) is 38.7. The van der Waals surface area contributed by atoms with Crippen LogP contribution in [0.15, 0.2) is 35.3 Å². The number of aryl methyl sites for hydroxylation is 2. The Labute approximate surface area is 298 Å². The molecule has 0 bridgehead atoms. The molecule has 52 heavy (non-hydrogen) atoms. The van der Waals surface area contributed by atoms with Crippen molar-refractivity contribution in [2.45, 2.75) is 84.5 Å². The minimum absolute atomic E-state index is 0.0498. The zero-order valence-electron chi connectivity index (χ0n) is 29.4. The largest absolute Gasteiger partial charge is 0.481 e. The van der Waals surface area contributed by atoms with E-state index in [9.17, 15) is 37.1 Å². The van der Waals surface area contributed by atoms with E-state index in [1.165, 1.54) is 13.8 Å². The molecule has 1 amide bonds. The highest BCUT2D eigenvalue weighted by molar-refractivity contribution is 5.83. The predicted octanol–water partition coefficient (Wildman–Crippen LogP) is 7.50. The van der Waals surface area contributed by atoms with Crippen molar-refractivity contribution in [2.24, 2.45) is 11.3 Å². The lowest BCUT2D eigenvalue weighted by Gasteiger charge is -2.27. The average Bonchev–Trinajstić information content (AvgIpc) is 3.67. The minimum atomic E-state index is -4.85. The second-order valence-electron chi connectivity index (χ2n) is 14.6. The molecule has 1 spiro atoms. The molecule has 1 aliphatic heterocycles. The molecule has 278 valence electrons. The molecule has 2 aliphatic rings. The molecule has 1 saturated carbocycles. The van der Waals surface area contributed by atoms with Gasteiger partial charge in [0.2, 0.25) is 5.91 Å². The Balaban J connectivity index is 1.56. The van der Waals surface area contributed by atoms with E-state index >= 15 is 8.78 Å². The quantitative estimate of drug-likeness (QED) is 0.149. The number of carbonyl (C=O) groups excluding carboxylic acids is 1. The van der Waals surface area contributed by atoms with Crippen LogP contribution in [0.25, 0.3) is 11.1 Å². The standard InChI is InChI=1S/C39H41F6N3O4/c1-6-24-16-28(41)35(36(42)34(24)33-22(4)14-26(40)15-23(33)5)29(18-32(50)51)46-37(52)30(13-21(2)3)48-19-25(27(17-31(48)49)39(43,44)45)7-11-47-12-10-38(20-47)8-9-38/h1,14-17,19,21,29-30H,7-13,18,20H2,2-5H3,(H,46,52)(H,50,51)/t29-,30+/m0/s1. The molecule has 2 heterocycles. The number of aromatic nitrogens is 1. The van der Waals surface area contributed by atoms with Crippen LogP contribution in [-0.2, 0) is 22.2 Å². The van der Waals surface area contributed by atoms with Gasteiger partial charge in [0.1, 0.15) is 23.5 Å². The van der Waals surface area contributed by atoms with Crippen LogP contribution in [0.2, 0.25) is 0 Å². The van der Waals surface area contributed by atoms with E-state index < -0.39 is 70.7 Å². The van der Waals surface area contributed by atoms with Gasteiger partial charge in [-0.25, -0.2) is 13.2 Å². The van der Waals surface area contributed by atoms with E-state index in [2.05, 4.69) is 16.1 Å². The van der Waals surface area contributed by atoms with Gasteiger partial charge in [-0.1, -0.05) is 19.8 Å². The van der Waals surface area contributed by atoms with Crippen molar-refractivity contribution in [3.05, 3.63) is 91.6 Å². The van der Waals surface area contributed by atoms with E-state index in [1.807, 2.05) is 0 Å². The van der Waals surface area contributed by atoms with Crippen LogP contribution in [-0.4, -0.2) is 46.1 Å². The first-order chi connectivity index (χ1) is 24.3. The summed E-state index contributed by atoms with van der Waals surface area (Å²) in [5.74, 6) is -3.80. The second kappa shape index (κ2) is 14.8. The molecule has 7 nitrogen and oxygen atoms in total. The van der Waals surface area contributed by atoms with E-state index in [-0.39, 0.29) is 57.6 Å². The maximum atomic E-state index is 16.6. The molecule has 2 aromatic carbocycles. The Kier molecular flexibility index (Phi) is 11.0. The number of pyridine rings is 1. The van der Waals surface area contributed by atoms with E-state index in [0.29, 0.717) is 12.6 Å². The molecule has 13 heteroatoms. The molecule has 1 aromatic heterocycles. The SMILES string of the molecule is C#Cc1cc(F)c([C@H](CC(=O)O)NC(=O)[C@@H](CC(C)C)n2cc(CCN3CCC4(CC4)C3)c(C(F)(F)F)cc2=O)c(F)c1-c1c(C)cc(F)cc1C. The Morgan fingerprint density at radius 1 is 1.04 bits per heavy atom. The third kappa shape index (κ3) is 8.22. The summed E-state index contributed by atoms with van der Waals surface area (Å²) in [7, 11) is 0. The van der Waals surface area contributed by atoms with Gasteiger partial charge < -0.3 is 19.9 Å². The molecule has 1 saturated heterocycles. The molecule has 2 atom stereocenters. The number of terminal acetylenes is 1. The highest BCUT2D eigenvalue weighted by atomic mass is 19.4. The summed E-state index contributed by atoms with van der Waals surface area (Å²) < 4.78 is 90.0. The number of carboxylic acid groups (broad SMARTS) is 1. The van der Waals surface area contributed by atoms with Gasteiger partial charge in [0.05, 0.1) is 18.0 Å². The van der Waals surface area contributed by atoms with E-state index in [4.69, 9.17) is 6.42 Å². The summed E-state index contributed by atoms with van der Waals surface area (Å²) in [4.78, 5) is 41.5. The third-order valence-corrected chi connectivity index (χ3v) is 10.2. The number of aliphatic carboxylic acids is 1. The van der Waals surface area contributed by atoms with Gasteiger partial charge in [-0.3, -0.25) is 14.4 Å². The average molecular weight is 730 g/mol. The Morgan fingerprint density at radius 2 is 1.69 bits per heavy atom. The molecular weight excluding hydrogens is 688 g/mol. The monoisotopic (exact) mass is 729 g/mol. The number of alkyl halides is 3. The fraction of sp³-hybridized carbons (Fsp3) is 0.462. The van der Waals surface area contributed by atoms with Crippen molar-refractivity contribution in [1.29, 1.82) is 0 Å². The molecular formula is C39H41F6N3O4. The number of carbonyl (C=O) groups is 2. The molecule has 0 unspecified atom stereocenters. The lowest BCUT2D eigenvalue weighted by atomic mass is 9.88. The smallest absolute Gasteiger partial charge is 0.416 e. The summed E-state index contributed by atoms with van der Waals surface area (Å²) in [5.41, 5.74) is -2.88. The van der Waals surface area contributed by atoms with Crippen LogP contribution in [0.3, 0.4) is 0 Å². The number of rotatable bonds is 12. The number of carboxylic acids is 1. The number of amides is 1. The topological polar surface area (TPSA) is 91.6 Å². The maximum absolute atomic E-state index is 16.6. The molecule has 0 radical (unpaired) electrons. The van der Waals surface area contributed by atoms with Gasteiger partial charge in [-0.05, 0) is 104 Å². The van der Waals surface area contributed by atoms with Gasteiger partial charge in [0.15, 0.2) is 0 Å². The lowest BCUT2D eigenvalue weighted by Crippen LogP contribution is -2.41. The van der Waals surface area contributed by atoms with Gasteiger partial charge in [-0.2, -0.15) is 13.2 Å². The van der Waals surface area contributed by atoms with Crippen molar-refractivity contribution < 1.29 is 41.0 Å². The van der Waals surface area contributed by atoms with Crippen LogP contribution < -0.4 is 10.9 Å². The molecule has 1 aliphatic carbocycles. The van der Waals surface area contributed by atoms with Crippen molar-refractivity contribution in [2.75, 3.05) is 19.6 Å². The Bertz CT molecular complexity index is 1970. The summed E-state index contributed by atoms with van der Waals surface area (Å²) in [6.45, 7) is 8.26. The number of benzene rings is 2. The zero-order valence-corrected chi connectivity index (χ0v) is 29.4. The van der Waals surface area contributed by atoms with Crippen LogP contribution in [0.1, 0.15) is 91.4 Å². The van der Waals surface area contributed by atoms with Crippen LogP contribution >= 0.6 is 0 Å². The third-order valence-electron chi connectivity index (χ3n) is 10.2. The van der Waals surface area contributed by atoms with Crippen molar-refractivity contribution in [3.8, 4) is 23.5 Å². The Hall–Kier alpha value is -4.57. The number of halogens is 6. The number of hydrogen-bond acceptors (Lipinski definition) is 4. The van der Waals surface area contributed by atoms with E-state index in [0.717, 1.165) is 61.3 Å². The van der Waals surface area contributed by atoms with Gasteiger partial charge in [0, 0.05) is 42.0 Å². The summed E-state index contributed by atoms with van der Waals surface area (Å²) in [5, 5.41) is 12.2. The van der Waals surface area contributed by atoms with E-state index in [1.54, 1.807) is 13.8 Å². The minimum Gasteiger partial charge on any atom is -0.481 e.